The Hall–Kier alpha value is -0.950. The number of Topliss-reactive ketones (excluding diaryl/α,β-unsaturated/α-hetero) is 1. The fourth-order valence-electron chi connectivity index (χ4n) is 4.92. The van der Waals surface area contributed by atoms with Crippen molar-refractivity contribution in [2.45, 2.75) is 161 Å². The maximum absolute atomic E-state index is 12.6. The summed E-state index contributed by atoms with van der Waals surface area (Å²) < 4.78 is 39.1. The van der Waals surface area contributed by atoms with E-state index in [1.165, 1.54) is 71.6 Å². The zero-order chi connectivity index (χ0) is 35.9. The number of carbonyl (C=O) groups is 2. The number of nitrogens with two attached hydrogens (primary N) is 2. The number of aliphatic hydroxyl groups is 1. The normalized spacial score (nSPS) is 14.5. The summed E-state index contributed by atoms with van der Waals surface area (Å²) >= 11 is 0. The lowest BCUT2D eigenvalue weighted by atomic mass is 10.1. The van der Waals surface area contributed by atoms with E-state index in [0.29, 0.717) is 12.8 Å². The predicted molar refractivity (Wildman–Crippen MR) is 189 cm³/mol. The second kappa shape index (κ2) is 30.8. The van der Waals surface area contributed by atoms with Gasteiger partial charge in [0.05, 0.1) is 26.4 Å². The molecule has 286 valence electrons. The van der Waals surface area contributed by atoms with Crippen LogP contribution in [0.4, 0.5) is 0 Å². The number of phosphoric ester groups is 1. The number of ketones is 1. The highest BCUT2D eigenvalue weighted by Gasteiger charge is 2.27. The Morgan fingerprint density at radius 2 is 1.10 bits per heavy atom. The van der Waals surface area contributed by atoms with Crippen LogP contribution in [0, 0.1) is 5.92 Å². The number of rotatable bonds is 36. The van der Waals surface area contributed by atoms with E-state index in [0.717, 1.165) is 64.5 Å². The van der Waals surface area contributed by atoms with Gasteiger partial charge in [-0.15, -0.1) is 0 Å². The summed E-state index contributed by atoms with van der Waals surface area (Å²) in [6.07, 6.45) is 19.3. The number of phosphoric acid groups is 1. The molecule has 0 saturated carbocycles. The standard InChI is InChI=1S/C35H71N2O10P/c1-31(26-44-35(2,3)40)27-45-48(41,42)46-30-33(47-34(39)23-19-15-11-7-5-9-13-17-21-25-37)29-43-28-32(38)22-18-14-10-6-4-8-12-16-20-24-36/h31,33,40H,4-30,36-37H2,1-3H3,(H,41,42). The molecule has 0 radical (unpaired) electrons. The van der Waals surface area contributed by atoms with Gasteiger partial charge in [0.2, 0.25) is 0 Å². The highest BCUT2D eigenvalue weighted by molar-refractivity contribution is 7.47. The van der Waals surface area contributed by atoms with E-state index in [9.17, 15) is 24.2 Å². The van der Waals surface area contributed by atoms with Crippen LogP contribution < -0.4 is 11.5 Å². The monoisotopic (exact) mass is 710 g/mol. The molecule has 0 aromatic carbocycles. The van der Waals surface area contributed by atoms with Crippen molar-refractivity contribution < 1.29 is 47.4 Å². The first-order valence-electron chi connectivity index (χ1n) is 18.6. The third-order valence-electron chi connectivity index (χ3n) is 7.78. The van der Waals surface area contributed by atoms with E-state index >= 15 is 0 Å². The van der Waals surface area contributed by atoms with Gasteiger partial charge in [-0.05, 0) is 52.6 Å². The first-order valence-corrected chi connectivity index (χ1v) is 20.0. The van der Waals surface area contributed by atoms with Crippen molar-refractivity contribution >= 4 is 19.6 Å². The van der Waals surface area contributed by atoms with Crippen LogP contribution in [-0.4, -0.2) is 79.8 Å². The maximum atomic E-state index is 12.6. The molecular weight excluding hydrogens is 639 g/mol. The summed E-state index contributed by atoms with van der Waals surface area (Å²) in [5, 5.41) is 9.69. The van der Waals surface area contributed by atoms with E-state index in [-0.39, 0.29) is 44.5 Å². The molecule has 3 unspecified atom stereocenters. The van der Waals surface area contributed by atoms with E-state index in [1.807, 2.05) is 0 Å². The average molecular weight is 711 g/mol. The van der Waals surface area contributed by atoms with Crippen LogP contribution in [0.1, 0.15) is 149 Å². The minimum atomic E-state index is -4.48. The highest BCUT2D eigenvalue weighted by Crippen LogP contribution is 2.43. The van der Waals surface area contributed by atoms with Gasteiger partial charge in [-0.25, -0.2) is 4.57 Å². The Balaban J connectivity index is 4.57. The largest absolute Gasteiger partial charge is 0.472 e. The van der Waals surface area contributed by atoms with Crippen molar-refractivity contribution in [1.29, 1.82) is 0 Å². The average Bonchev–Trinajstić information content (AvgIpc) is 3.03. The molecule has 0 aromatic rings. The zero-order valence-electron chi connectivity index (χ0n) is 30.5. The Labute approximate surface area is 291 Å². The van der Waals surface area contributed by atoms with Crippen molar-refractivity contribution in [3.63, 3.8) is 0 Å². The summed E-state index contributed by atoms with van der Waals surface area (Å²) in [7, 11) is -4.48. The van der Waals surface area contributed by atoms with Crippen LogP contribution in [0.3, 0.4) is 0 Å². The number of hydrogen-bond donors (Lipinski definition) is 4. The molecule has 0 heterocycles. The summed E-state index contributed by atoms with van der Waals surface area (Å²) in [6.45, 7) is 5.45. The molecule has 0 fully saturated rings. The van der Waals surface area contributed by atoms with Crippen molar-refractivity contribution in [1.82, 2.24) is 0 Å². The lowest BCUT2D eigenvalue weighted by molar-refractivity contribution is -0.184. The molecule has 48 heavy (non-hydrogen) atoms. The number of esters is 1. The van der Waals surface area contributed by atoms with Gasteiger partial charge in [-0.1, -0.05) is 96.8 Å². The van der Waals surface area contributed by atoms with Crippen LogP contribution in [0.2, 0.25) is 0 Å². The number of carbonyl (C=O) groups excluding carboxylic acids is 2. The Bertz CT molecular complexity index is 828. The first-order chi connectivity index (χ1) is 22.9. The molecule has 3 atom stereocenters. The van der Waals surface area contributed by atoms with Crippen molar-refractivity contribution in [3.8, 4) is 0 Å². The van der Waals surface area contributed by atoms with Crippen LogP contribution in [0.15, 0.2) is 0 Å². The Kier molecular flexibility index (Phi) is 30.2. The molecule has 0 rings (SSSR count). The van der Waals surface area contributed by atoms with Gasteiger partial charge in [0.1, 0.15) is 12.7 Å². The summed E-state index contributed by atoms with van der Waals surface area (Å²) in [4.78, 5) is 35.1. The lowest BCUT2D eigenvalue weighted by Gasteiger charge is -2.22. The van der Waals surface area contributed by atoms with Crippen molar-refractivity contribution in [2.24, 2.45) is 17.4 Å². The fraction of sp³-hybridized carbons (Fsp3) is 0.943. The number of hydrogen-bond acceptors (Lipinski definition) is 11. The SMILES string of the molecule is CC(COC(C)(C)O)COP(=O)(O)OCC(COCC(=O)CCCCCCCCCCCN)OC(=O)CCCCCCCCCCCN. The smallest absolute Gasteiger partial charge is 0.457 e. The van der Waals surface area contributed by atoms with Gasteiger partial charge < -0.3 is 35.7 Å². The molecular formula is C35H71N2O10P. The van der Waals surface area contributed by atoms with Crippen molar-refractivity contribution in [2.75, 3.05) is 46.1 Å². The lowest BCUT2D eigenvalue weighted by Crippen LogP contribution is -2.29. The molecule has 0 spiro atoms. The molecule has 0 saturated heterocycles. The fourth-order valence-corrected chi connectivity index (χ4v) is 5.79. The molecule has 0 amide bonds. The maximum Gasteiger partial charge on any atom is 0.472 e. The van der Waals surface area contributed by atoms with Crippen molar-refractivity contribution in [3.05, 3.63) is 0 Å². The topological polar surface area (TPSA) is 190 Å². The number of unbranched alkanes of at least 4 members (excludes halogenated alkanes) is 16. The zero-order valence-corrected chi connectivity index (χ0v) is 31.4. The first kappa shape index (κ1) is 47.0. The second-order valence-electron chi connectivity index (χ2n) is 13.5. The third kappa shape index (κ3) is 33.5. The molecule has 0 aromatic heterocycles. The van der Waals surface area contributed by atoms with E-state index in [2.05, 4.69) is 0 Å². The second-order valence-corrected chi connectivity index (χ2v) is 15.0. The molecule has 0 aliphatic carbocycles. The van der Waals surface area contributed by atoms with Gasteiger partial charge in [-0.2, -0.15) is 0 Å². The Morgan fingerprint density at radius 1 is 0.667 bits per heavy atom. The van der Waals surface area contributed by atoms with Gasteiger partial charge in [0.15, 0.2) is 11.6 Å². The quantitative estimate of drug-likeness (QED) is 0.0233. The molecule has 6 N–H and O–H groups in total. The van der Waals surface area contributed by atoms with E-state index in [4.69, 9.17) is 34.7 Å². The van der Waals surface area contributed by atoms with Gasteiger partial charge in [0.25, 0.3) is 0 Å². The summed E-state index contributed by atoms with van der Waals surface area (Å²) in [5.41, 5.74) is 11.1. The van der Waals surface area contributed by atoms with Crippen LogP contribution >= 0.6 is 7.82 Å². The minimum Gasteiger partial charge on any atom is -0.457 e. The van der Waals surface area contributed by atoms with E-state index in [1.54, 1.807) is 6.92 Å². The van der Waals surface area contributed by atoms with Crippen LogP contribution in [0.25, 0.3) is 0 Å². The van der Waals surface area contributed by atoms with Gasteiger partial charge in [-0.3, -0.25) is 18.6 Å². The number of ether oxygens (including phenoxy) is 3. The van der Waals surface area contributed by atoms with E-state index < -0.39 is 32.3 Å². The van der Waals surface area contributed by atoms with Gasteiger partial charge in [0, 0.05) is 18.8 Å². The molecule has 0 aliphatic heterocycles. The highest BCUT2D eigenvalue weighted by atomic mass is 31.2. The molecule has 0 aliphatic rings. The minimum absolute atomic E-state index is 0.0411. The summed E-state index contributed by atoms with van der Waals surface area (Å²) in [6, 6.07) is 0. The molecule has 12 nitrogen and oxygen atoms in total. The van der Waals surface area contributed by atoms with Gasteiger partial charge >= 0.3 is 13.8 Å². The van der Waals surface area contributed by atoms with Crippen LogP contribution in [0.5, 0.6) is 0 Å². The predicted octanol–water partition coefficient (Wildman–Crippen LogP) is 6.72. The van der Waals surface area contributed by atoms with Crippen LogP contribution in [-0.2, 0) is 37.4 Å². The summed E-state index contributed by atoms with van der Waals surface area (Å²) in [5.74, 6) is -2.13. The molecule has 13 heteroatoms. The molecule has 0 bridgehead atoms. The third-order valence-corrected chi connectivity index (χ3v) is 8.73. The Morgan fingerprint density at radius 3 is 1.58 bits per heavy atom.